The van der Waals surface area contributed by atoms with Gasteiger partial charge in [0.2, 0.25) is 0 Å². The van der Waals surface area contributed by atoms with Crippen molar-refractivity contribution in [3.8, 4) is 0 Å². The Hall–Kier alpha value is -1.08. The fraction of sp³-hybridized carbons (Fsp3) is 0.556. The van der Waals surface area contributed by atoms with Crippen molar-refractivity contribution in [3.63, 3.8) is 0 Å². The molecule has 0 aromatic heterocycles. The molecule has 3 rings (SSSR count). The van der Waals surface area contributed by atoms with Gasteiger partial charge in [0.25, 0.3) is 0 Å². The van der Waals surface area contributed by atoms with Gasteiger partial charge < -0.3 is 5.11 Å². The molecule has 0 fully saturated rings. The third-order valence-corrected chi connectivity index (χ3v) is 4.74. The summed E-state index contributed by atoms with van der Waals surface area (Å²) in [6.45, 7) is 0. The van der Waals surface area contributed by atoms with E-state index >= 15 is 0 Å². The second-order valence-corrected chi connectivity index (χ2v) is 6.11. The first-order valence-electron chi connectivity index (χ1n) is 7.78. The molecular weight excluding hydrogens is 232 g/mol. The lowest BCUT2D eigenvalue weighted by Gasteiger charge is -2.22. The van der Waals surface area contributed by atoms with Crippen molar-refractivity contribution in [1.82, 2.24) is 0 Å². The minimum absolute atomic E-state index is 0.217. The van der Waals surface area contributed by atoms with E-state index in [1.807, 2.05) is 0 Å². The number of hydrogen-bond acceptors (Lipinski definition) is 1. The smallest absolute Gasteiger partial charge is 0.0784 e. The van der Waals surface area contributed by atoms with Gasteiger partial charge in [-0.2, -0.15) is 0 Å². The molecular formula is C18H24O. The Balaban J connectivity index is 1.70. The number of fused-ring (bicyclic) bond motifs is 1. The van der Waals surface area contributed by atoms with Crippen molar-refractivity contribution in [2.45, 2.75) is 57.5 Å². The quantitative estimate of drug-likeness (QED) is 0.792. The maximum Gasteiger partial charge on any atom is 0.0784 e. The molecule has 102 valence electrons. The number of aliphatic hydroxyl groups is 1. The van der Waals surface area contributed by atoms with E-state index < -0.39 is 0 Å². The van der Waals surface area contributed by atoms with Gasteiger partial charge in [0, 0.05) is 0 Å². The van der Waals surface area contributed by atoms with Gasteiger partial charge in [-0.3, -0.25) is 0 Å². The second-order valence-electron chi connectivity index (χ2n) is 6.11. The topological polar surface area (TPSA) is 20.2 Å². The number of hydrogen-bond donors (Lipinski definition) is 1. The van der Waals surface area contributed by atoms with E-state index in [0.717, 1.165) is 25.7 Å². The van der Waals surface area contributed by atoms with Crippen LogP contribution in [0.1, 0.15) is 49.7 Å². The second kappa shape index (κ2) is 5.92. The lowest BCUT2D eigenvalue weighted by Crippen LogP contribution is -2.23. The zero-order chi connectivity index (χ0) is 13.1. The first-order valence-corrected chi connectivity index (χ1v) is 7.78. The van der Waals surface area contributed by atoms with Crippen LogP contribution in [-0.4, -0.2) is 11.2 Å². The first kappa shape index (κ1) is 12.9. The molecule has 1 N–H and O–H groups in total. The molecule has 0 heterocycles. The largest absolute Gasteiger partial charge is 0.388 e. The fourth-order valence-corrected chi connectivity index (χ4v) is 3.60. The molecule has 0 bridgehead atoms. The van der Waals surface area contributed by atoms with Gasteiger partial charge >= 0.3 is 0 Å². The van der Waals surface area contributed by atoms with Gasteiger partial charge in [-0.1, -0.05) is 43.2 Å². The molecule has 2 aliphatic carbocycles. The Labute approximate surface area is 116 Å². The standard InChI is InChI=1S/C18H24O/c19-18(14-8-4-2-1-3-5-9-14)17-12-15-10-6-7-11-16(15)13-17/h6-8,10-11,17-19H,1-5,9,12-13H2/b14-8+. The summed E-state index contributed by atoms with van der Waals surface area (Å²) in [5.41, 5.74) is 4.20. The molecule has 2 aliphatic rings. The lowest BCUT2D eigenvalue weighted by molar-refractivity contribution is 0.141. The van der Waals surface area contributed by atoms with E-state index in [4.69, 9.17) is 0 Å². The third kappa shape index (κ3) is 2.92. The van der Waals surface area contributed by atoms with Crippen molar-refractivity contribution in [1.29, 1.82) is 0 Å². The molecule has 0 radical (unpaired) electrons. The number of allylic oxidation sites excluding steroid dienone is 1. The number of benzene rings is 1. The SMILES string of the molecule is OC(/C1=C/CCCCCC1)C1Cc2ccccc2C1. The Morgan fingerprint density at radius 3 is 2.37 bits per heavy atom. The molecule has 1 heteroatoms. The van der Waals surface area contributed by atoms with E-state index in [1.54, 1.807) is 0 Å². The van der Waals surface area contributed by atoms with Gasteiger partial charge in [0.05, 0.1) is 6.10 Å². The monoisotopic (exact) mass is 256 g/mol. The fourth-order valence-electron chi connectivity index (χ4n) is 3.60. The van der Waals surface area contributed by atoms with Crippen LogP contribution >= 0.6 is 0 Å². The molecule has 0 saturated carbocycles. The molecule has 0 aliphatic heterocycles. The van der Waals surface area contributed by atoms with Crippen LogP contribution in [0.2, 0.25) is 0 Å². The van der Waals surface area contributed by atoms with Crippen molar-refractivity contribution >= 4 is 0 Å². The van der Waals surface area contributed by atoms with Crippen molar-refractivity contribution in [2.24, 2.45) is 5.92 Å². The van der Waals surface area contributed by atoms with Crippen molar-refractivity contribution in [2.75, 3.05) is 0 Å². The Morgan fingerprint density at radius 1 is 0.947 bits per heavy atom. The molecule has 0 amide bonds. The zero-order valence-corrected chi connectivity index (χ0v) is 11.6. The summed E-state index contributed by atoms with van der Waals surface area (Å²) in [5.74, 6) is 0.406. The highest BCUT2D eigenvalue weighted by atomic mass is 16.3. The van der Waals surface area contributed by atoms with Crippen LogP contribution in [0.5, 0.6) is 0 Å². The van der Waals surface area contributed by atoms with E-state index in [1.165, 1.54) is 42.4 Å². The van der Waals surface area contributed by atoms with E-state index in [-0.39, 0.29) is 6.10 Å². The lowest BCUT2D eigenvalue weighted by atomic mass is 9.88. The number of rotatable bonds is 2. The molecule has 1 unspecified atom stereocenters. The van der Waals surface area contributed by atoms with Gasteiger partial charge in [-0.25, -0.2) is 0 Å². The highest BCUT2D eigenvalue weighted by Gasteiger charge is 2.29. The van der Waals surface area contributed by atoms with Crippen LogP contribution in [0.3, 0.4) is 0 Å². The maximum atomic E-state index is 10.7. The van der Waals surface area contributed by atoms with E-state index in [2.05, 4.69) is 30.3 Å². The average Bonchev–Trinajstić information content (AvgIpc) is 2.81. The maximum absolute atomic E-state index is 10.7. The molecule has 1 aromatic rings. The third-order valence-electron chi connectivity index (χ3n) is 4.74. The van der Waals surface area contributed by atoms with E-state index in [9.17, 15) is 5.11 Å². The minimum Gasteiger partial charge on any atom is -0.388 e. The molecule has 0 saturated heterocycles. The summed E-state index contributed by atoms with van der Waals surface area (Å²) in [4.78, 5) is 0. The van der Waals surface area contributed by atoms with Crippen LogP contribution in [0, 0.1) is 5.92 Å². The van der Waals surface area contributed by atoms with Crippen LogP contribution in [-0.2, 0) is 12.8 Å². The Kier molecular flexibility index (Phi) is 4.03. The molecule has 19 heavy (non-hydrogen) atoms. The van der Waals surface area contributed by atoms with Gasteiger partial charge in [-0.05, 0) is 61.1 Å². The molecule has 0 spiro atoms. The minimum atomic E-state index is -0.217. The molecule has 1 atom stereocenters. The van der Waals surface area contributed by atoms with Crippen LogP contribution in [0.4, 0.5) is 0 Å². The predicted molar refractivity (Wildman–Crippen MR) is 79.1 cm³/mol. The summed E-state index contributed by atoms with van der Waals surface area (Å²) in [6.07, 6.45) is 11.7. The predicted octanol–water partition coefficient (Wildman–Crippen LogP) is 4.04. The summed E-state index contributed by atoms with van der Waals surface area (Å²) in [5, 5.41) is 10.7. The Bertz CT molecular complexity index is 436. The highest BCUT2D eigenvalue weighted by molar-refractivity contribution is 5.33. The summed E-state index contributed by atoms with van der Waals surface area (Å²) in [6, 6.07) is 8.66. The first-order chi connectivity index (χ1) is 9.34. The van der Waals surface area contributed by atoms with Gasteiger partial charge in [0.1, 0.15) is 0 Å². The van der Waals surface area contributed by atoms with E-state index in [0.29, 0.717) is 5.92 Å². The van der Waals surface area contributed by atoms with Gasteiger partial charge in [-0.15, -0.1) is 0 Å². The zero-order valence-electron chi connectivity index (χ0n) is 11.6. The van der Waals surface area contributed by atoms with Gasteiger partial charge in [0.15, 0.2) is 0 Å². The summed E-state index contributed by atoms with van der Waals surface area (Å²) >= 11 is 0. The van der Waals surface area contributed by atoms with Crippen LogP contribution in [0.15, 0.2) is 35.9 Å². The Morgan fingerprint density at radius 2 is 1.63 bits per heavy atom. The van der Waals surface area contributed by atoms with Crippen LogP contribution < -0.4 is 0 Å². The number of aliphatic hydroxyl groups excluding tert-OH is 1. The van der Waals surface area contributed by atoms with Crippen LogP contribution in [0.25, 0.3) is 0 Å². The molecule has 1 aromatic carbocycles. The highest BCUT2D eigenvalue weighted by Crippen LogP contribution is 2.33. The normalized spacial score (nSPS) is 25.0. The van der Waals surface area contributed by atoms with Crippen molar-refractivity contribution < 1.29 is 5.11 Å². The molecule has 1 nitrogen and oxygen atoms in total. The average molecular weight is 256 g/mol. The summed E-state index contributed by atoms with van der Waals surface area (Å²) in [7, 11) is 0. The summed E-state index contributed by atoms with van der Waals surface area (Å²) < 4.78 is 0. The van der Waals surface area contributed by atoms with Crippen molar-refractivity contribution in [3.05, 3.63) is 47.0 Å².